The summed E-state index contributed by atoms with van der Waals surface area (Å²) in [5.74, 6) is -0.692. The molecule has 0 radical (unpaired) electrons. The molecule has 0 fully saturated rings. The molecule has 9 heteroatoms. The fraction of sp³-hybridized carbons (Fsp3) is 0.214. The molecule has 2 heterocycles. The summed E-state index contributed by atoms with van der Waals surface area (Å²) in [5.41, 5.74) is -0.656. The van der Waals surface area contributed by atoms with Crippen LogP contribution in [0, 0.1) is 0 Å². The summed E-state index contributed by atoms with van der Waals surface area (Å²) in [6.45, 7) is 0. The molecule has 122 valence electrons. The smallest absolute Gasteiger partial charge is 0.417 e. The zero-order valence-electron chi connectivity index (χ0n) is 11.9. The van der Waals surface area contributed by atoms with E-state index in [9.17, 15) is 18.0 Å². The largest absolute Gasteiger partial charge is 0.480 e. The number of rotatable bonds is 3. The molecule has 2 rings (SSSR count). The number of carbonyl (C=O) groups is 1. The molecule has 0 aliphatic rings. The van der Waals surface area contributed by atoms with Crippen LogP contribution >= 0.6 is 11.6 Å². The van der Waals surface area contributed by atoms with Crippen molar-refractivity contribution in [3.05, 3.63) is 40.7 Å². The Labute approximate surface area is 134 Å². The lowest BCUT2D eigenvalue weighted by molar-refractivity contribution is -0.137. The van der Waals surface area contributed by atoms with Crippen LogP contribution in [0.25, 0.3) is 11.3 Å². The normalized spacial score (nSPS) is 11.2. The Balaban J connectivity index is 2.53. The van der Waals surface area contributed by atoms with E-state index in [-0.39, 0.29) is 27.7 Å². The van der Waals surface area contributed by atoms with Gasteiger partial charge in [-0.15, -0.1) is 0 Å². The molecule has 0 atom stereocenters. The lowest BCUT2D eigenvalue weighted by Crippen LogP contribution is -2.07. The van der Waals surface area contributed by atoms with Crippen molar-refractivity contribution in [3.63, 3.8) is 0 Å². The van der Waals surface area contributed by atoms with Crippen molar-refractivity contribution in [1.82, 2.24) is 9.97 Å². The third-order valence-electron chi connectivity index (χ3n) is 2.89. The standard InChI is InChI=1S/C14H10ClF3N2O3/c1-22-12-9(13(21)23-2)3-7(5-20-12)11-10(15)4-8(6-19-11)14(16,17)18/h3-6H,1-2H3. The Kier molecular flexibility index (Phi) is 4.74. The number of pyridine rings is 2. The van der Waals surface area contributed by atoms with Crippen LogP contribution in [0.2, 0.25) is 5.02 Å². The number of carbonyl (C=O) groups excluding carboxylic acids is 1. The minimum absolute atomic E-state index is 0.00487. The zero-order valence-corrected chi connectivity index (χ0v) is 12.7. The molecular weight excluding hydrogens is 337 g/mol. The molecule has 0 N–H and O–H groups in total. The van der Waals surface area contributed by atoms with Crippen LogP contribution in [0.5, 0.6) is 5.88 Å². The number of hydrogen-bond donors (Lipinski definition) is 0. The van der Waals surface area contributed by atoms with Gasteiger partial charge in [0.2, 0.25) is 5.88 Å². The van der Waals surface area contributed by atoms with Crippen molar-refractivity contribution in [2.24, 2.45) is 0 Å². The van der Waals surface area contributed by atoms with Crippen LogP contribution in [0.15, 0.2) is 24.5 Å². The number of halogens is 4. The highest BCUT2D eigenvalue weighted by Gasteiger charge is 2.31. The summed E-state index contributed by atoms with van der Waals surface area (Å²) in [6, 6.07) is 2.09. The molecule has 0 saturated carbocycles. The van der Waals surface area contributed by atoms with E-state index >= 15 is 0 Å². The molecule has 2 aromatic heterocycles. The molecule has 0 unspecified atom stereocenters. The SMILES string of the molecule is COC(=O)c1cc(-c2ncc(C(F)(F)F)cc2Cl)cnc1OC. The molecule has 5 nitrogen and oxygen atoms in total. The van der Waals surface area contributed by atoms with E-state index in [2.05, 4.69) is 14.7 Å². The van der Waals surface area contributed by atoms with Crippen LogP contribution in [-0.4, -0.2) is 30.2 Å². The molecule has 0 amide bonds. The second-order valence-corrected chi connectivity index (χ2v) is 4.73. The van der Waals surface area contributed by atoms with Gasteiger partial charge in [0.25, 0.3) is 0 Å². The van der Waals surface area contributed by atoms with E-state index in [4.69, 9.17) is 16.3 Å². The Hall–Kier alpha value is -2.35. The topological polar surface area (TPSA) is 61.3 Å². The van der Waals surface area contributed by atoms with Crippen LogP contribution < -0.4 is 4.74 Å². The van der Waals surface area contributed by atoms with Gasteiger partial charge in [-0.2, -0.15) is 13.2 Å². The molecule has 0 aliphatic carbocycles. The van der Waals surface area contributed by atoms with Crippen molar-refractivity contribution in [2.45, 2.75) is 6.18 Å². The quantitative estimate of drug-likeness (QED) is 0.794. The van der Waals surface area contributed by atoms with Crippen molar-refractivity contribution in [3.8, 4) is 17.1 Å². The number of methoxy groups -OCH3 is 2. The van der Waals surface area contributed by atoms with Gasteiger partial charge in [0.1, 0.15) is 5.56 Å². The maximum atomic E-state index is 12.6. The Morgan fingerprint density at radius 1 is 1.17 bits per heavy atom. The maximum Gasteiger partial charge on any atom is 0.417 e. The lowest BCUT2D eigenvalue weighted by atomic mass is 10.1. The van der Waals surface area contributed by atoms with E-state index in [0.717, 1.165) is 6.07 Å². The third-order valence-corrected chi connectivity index (χ3v) is 3.18. The second-order valence-electron chi connectivity index (χ2n) is 4.32. The van der Waals surface area contributed by atoms with Gasteiger partial charge in [0, 0.05) is 18.0 Å². The van der Waals surface area contributed by atoms with Gasteiger partial charge in [-0.05, 0) is 12.1 Å². The van der Waals surface area contributed by atoms with Crippen molar-refractivity contribution < 1.29 is 27.4 Å². The first-order valence-corrected chi connectivity index (χ1v) is 6.51. The van der Waals surface area contributed by atoms with E-state index in [1.54, 1.807) is 0 Å². The van der Waals surface area contributed by atoms with Gasteiger partial charge in [0.15, 0.2) is 0 Å². The van der Waals surface area contributed by atoms with Gasteiger partial charge in [-0.25, -0.2) is 9.78 Å². The number of nitrogens with zero attached hydrogens (tertiary/aromatic N) is 2. The van der Waals surface area contributed by atoms with Gasteiger partial charge < -0.3 is 9.47 Å². The van der Waals surface area contributed by atoms with Crippen molar-refractivity contribution in [1.29, 1.82) is 0 Å². The van der Waals surface area contributed by atoms with E-state index in [1.807, 2.05) is 0 Å². The van der Waals surface area contributed by atoms with Crippen LogP contribution in [0.1, 0.15) is 15.9 Å². The molecule has 0 saturated heterocycles. The fourth-order valence-corrected chi connectivity index (χ4v) is 2.08. The molecule has 0 spiro atoms. The lowest BCUT2D eigenvalue weighted by Gasteiger charge is -2.11. The Morgan fingerprint density at radius 2 is 1.87 bits per heavy atom. The molecule has 23 heavy (non-hydrogen) atoms. The summed E-state index contributed by atoms with van der Waals surface area (Å²) >= 11 is 5.87. The molecule has 0 aromatic carbocycles. The summed E-state index contributed by atoms with van der Waals surface area (Å²) < 4.78 is 47.4. The summed E-state index contributed by atoms with van der Waals surface area (Å²) in [7, 11) is 2.50. The maximum absolute atomic E-state index is 12.6. The summed E-state index contributed by atoms with van der Waals surface area (Å²) in [4.78, 5) is 19.3. The monoisotopic (exact) mass is 346 g/mol. The van der Waals surface area contributed by atoms with E-state index in [0.29, 0.717) is 6.20 Å². The minimum atomic E-state index is -4.55. The zero-order chi connectivity index (χ0) is 17.2. The number of ether oxygens (including phenoxy) is 2. The van der Waals surface area contributed by atoms with E-state index in [1.165, 1.54) is 26.5 Å². The van der Waals surface area contributed by atoms with Crippen molar-refractivity contribution >= 4 is 17.6 Å². The summed E-state index contributed by atoms with van der Waals surface area (Å²) in [5, 5.41) is -0.220. The average Bonchev–Trinajstić information content (AvgIpc) is 2.52. The number of esters is 1. The molecule has 0 aliphatic heterocycles. The average molecular weight is 347 g/mol. The Bertz CT molecular complexity index is 751. The number of aromatic nitrogens is 2. The van der Waals surface area contributed by atoms with Crippen LogP contribution in [-0.2, 0) is 10.9 Å². The predicted molar refractivity (Wildman–Crippen MR) is 75.4 cm³/mol. The van der Waals surface area contributed by atoms with Crippen LogP contribution in [0.4, 0.5) is 13.2 Å². The molecular formula is C14H10ClF3N2O3. The molecule has 2 aromatic rings. The number of alkyl halides is 3. The first kappa shape index (κ1) is 17.0. The highest BCUT2D eigenvalue weighted by molar-refractivity contribution is 6.33. The van der Waals surface area contributed by atoms with Gasteiger partial charge in [-0.1, -0.05) is 11.6 Å². The highest BCUT2D eigenvalue weighted by atomic mass is 35.5. The fourth-order valence-electron chi connectivity index (χ4n) is 1.81. The second kappa shape index (κ2) is 6.41. The van der Waals surface area contributed by atoms with Crippen LogP contribution in [0.3, 0.4) is 0 Å². The van der Waals surface area contributed by atoms with Gasteiger partial charge >= 0.3 is 12.1 Å². The van der Waals surface area contributed by atoms with Crippen molar-refractivity contribution in [2.75, 3.05) is 14.2 Å². The van der Waals surface area contributed by atoms with Gasteiger partial charge in [0.05, 0.1) is 30.5 Å². The summed E-state index contributed by atoms with van der Waals surface area (Å²) in [6.07, 6.45) is -2.61. The van der Waals surface area contributed by atoms with Gasteiger partial charge in [-0.3, -0.25) is 4.98 Å². The first-order chi connectivity index (χ1) is 10.8. The minimum Gasteiger partial charge on any atom is -0.480 e. The highest BCUT2D eigenvalue weighted by Crippen LogP contribution is 2.34. The van der Waals surface area contributed by atoms with E-state index < -0.39 is 17.7 Å². The Morgan fingerprint density at radius 3 is 2.39 bits per heavy atom. The number of hydrogen-bond acceptors (Lipinski definition) is 5. The molecule has 0 bridgehead atoms. The first-order valence-electron chi connectivity index (χ1n) is 6.13. The predicted octanol–water partition coefficient (Wildman–Crippen LogP) is 3.61. The third kappa shape index (κ3) is 3.53.